The first-order valence-electron chi connectivity index (χ1n) is 12.4. The Balaban J connectivity index is 3.55. The highest BCUT2D eigenvalue weighted by molar-refractivity contribution is 5.93. The van der Waals surface area contributed by atoms with Gasteiger partial charge in [-0.05, 0) is 84.9 Å². The third-order valence-electron chi connectivity index (χ3n) is 5.42. The van der Waals surface area contributed by atoms with Gasteiger partial charge in [0.25, 0.3) is 0 Å². The summed E-state index contributed by atoms with van der Waals surface area (Å²) in [6.45, 7) is 16.8. The van der Waals surface area contributed by atoms with E-state index in [0.717, 1.165) is 11.1 Å². The molecular weight excluding hydrogens is 460 g/mol. The normalized spacial score (nSPS) is 13.4. The smallest absolute Gasteiger partial charge is 0.408 e. The first-order chi connectivity index (χ1) is 16.5. The summed E-state index contributed by atoms with van der Waals surface area (Å²) in [7, 11) is 0. The predicted octanol–water partition coefficient (Wildman–Crippen LogP) is 3.66. The van der Waals surface area contributed by atoms with E-state index in [1.54, 1.807) is 20.8 Å². The SMILES string of the molecule is CCCN(C(=O)C(CCC(N)=O)NC(=O)OC(C)(C)C)C(C(=O)NC(C)(C)C)c1cccc(C)c1C. The lowest BCUT2D eigenvalue weighted by molar-refractivity contribution is -0.143. The molecule has 0 bridgehead atoms. The lowest BCUT2D eigenvalue weighted by atomic mass is 9.94. The van der Waals surface area contributed by atoms with Gasteiger partial charge < -0.3 is 26.0 Å². The highest BCUT2D eigenvalue weighted by Gasteiger charge is 2.37. The molecule has 0 saturated carbocycles. The number of rotatable bonds is 10. The first kappa shape index (κ1) is 30.9. The number of amides is 4. The number of ether oxygens (including phenoxy) is 1. The molecule has 0 aromatic heterocycles. The number of alkyl carbamates (subject to hydrolysis) is 1. The number of hydrogen-bond donors (Lipinski definition) is 3. The number of benzene rings is 1. The molecule has 36 heavy (non-hydrogen) atoms. The van der Waals surface area contributed by atoms with Crippen LogP contribution in [0.4, 0.5) is 4.79 Å². The van der Waals surface area contributed by atoms with Gasteiger partial charge in [0.15, 0.2) is 0 Å². The zero-order valence-electron chi connectivity index (χ0n) is 23.3. The van der Waals surface area contributed by atoms with Crippen molar-refractivity contribution in [2.24, 2.45) is 5.73 Å². The van der Waals surface area contributed by atoms with Crippen LogP contribution in [0.3, 0.4) is 0 Å². The van der Waals surface area contributed by atoms with Crippen LogP contribution in [0.1, 0.15) is 90.5 Å². The number of nitrogens with two attached hydrogens (primary N) is 1. The molecule has 0 aliphatic heterocycles. The number of nitrogens with zero attached hydrogens (tertiary/aromatic N) is 1. The standard InChI is InChI=1S/C27H44N4O5/c1-10-16-31(24(34)20(14-15-21(28)32)29-25(35)36-27(7,8)9)22(23(33)30-26(4,5)6)19-13-11-12-17(2)18(19)3/h11-13,20,22H,10,14-16H2,1-9H3,(H2,28,32)(H,29,35)(H,30,33). The van der Waals surface area contributed by atoms with Crippen LogP contribution in [-0.2, 0) is 19.1 Å². The summed E-state index contributed by atoms with van der Waals surface area (Å²) in [4.78, 5) is 53.2. The maximum Gasteiger partial charge on any atom is 0.408 e. The third kappa shape index (κ3) is 9.87. The van der Waals surface area contributed by atoms with E-state index in [1.807, 2.05) is 59.7 Å². The van der Waals surface area contributed by atoms with E-state index >= 15 is 0 Å². The molecule has 0 radical (unpaired) electrons. The van der Waals surface area contributed by atoms with Crippen molar-refractivity contribution < 1.29 is 23.9 Å². The minimum Gasteiger partial charge on any atom is -0.444 e. The van der Waals surface area contributed by atoms with Crippen LogP contribution in [0.15, 0.2) is 18.2 Å². The average molecular weight is 505 g/mol. The lowest BCUT2D eigenvalue weighted by Gasteiger charge is -2.36. The lowest BCUT2D eigenvalue weighted by Crippen LogP contribution is -2.55. The van der Waals surface area contributed by atoms with Crippen LogP contribution in [0.2, 0.25) is 0 Å². The molecule has 0 fully saturated rings. The second-order valence-electron chi connectivity index (χ2n) is 11.2. The molecule has 0 heterocycles. The third-order valence-corrected chi connectivity index (χ3v) is 5.42. The van der Waals surface area contributed by atoms with E-state index in [1.165, 1.54) is 4.90 Å². The fraction of sp³-hybridized carbons (Fsp3) is 0.630. The number of nitrogens with one attached hydrogen (secondary N) is 2. The summed E-state index contributed by atoms with van der Waals surface area (Å²) in [6, 6.07) is 3.60. The fourth-order valence-electron chi connectivity index (χ4n) is 3.76. The molecule has 0 aliphatic rings. The van der Waals surface area contributed by atoms with E-state index in [0.29, 0.717) is 12.0 Å². The summed E-state index contributed by atoms with van der Waals surface area (Å²) in [5.74, 6) is -1.42. The Bertz CT molecular complexity index is 946. The van der Waals surface area contributed by atoms with E-state index in [2.05, 4.69) is 10.6 Å². The van der Waals surface area contributed by atoms with Crippen molar-refractivity contribution in [3.8, 4) is 0 Å². The maximum atomic E-state index is 14.0. The van der Waals surface area contributed by atoms with Gasteiger partial charge in [-0.3, -0.25) is 14.4 Å². The van der Waals surface area contributed by atoms with Gasteiger partial charge in [-0.1, -0.05) is 25.1 Å². The largest absolute Gasteiger partial charge is 0.444 e. The number of carbonyl (C=O) groups excluding carboxylic acids is 4. The molecule has 4 amide bonds. The van der Waals surface area contributed by atoms with Crippen molar-refractivity contribution in [3.05, 3.63) is 34.9 Å². The molecule has 9 nitrogen and oxygen atoms in total. The zero-order valence-corrected chi connectivity index (χ0v) is 23.3. The highest BCUT2D eigenvalue weighted by atomic mass is 16.6. The zero-order chi connectivity index (χ0) is 27.8. The van der Waals surface area contributed by atoms with E-state index < -0.39 is 41.1 Å². The van der Waals surface area contributed by atoms with Crippen molar-refractivity contribution in [2.75, 3.05) is 6.54 Å². The summed E-state index contributed by atoms with van der Waals surface area (Å²) < 4.78 is 5.34. The summed E-state index contributed by atoms with van der Waals surface area (Å²) >= 11 is 0. The molecule has 1 aromatic carbocycles. The second-order valence-corrected chi connectivity index (χ2v) is 11.2. The quantitative estimate of drug-likeness (QED) is 0.448. The van der Waals surface area contributed by atoms with Gasteiger partial charge in [-0.15, -0.1) is 0 Å². The van der Waals surface area contributed by atoms with Gasteiger partial charge >= 0.3 is 6.09 Å². The minimum atomic E-state index is -1.10. The highest BCUT2D eigenvalue weighted by Crippen LogP contribution is 2.28. The van der Waals surface area contributed by atoms with Crippen molar-refractivity contribution in [3.63, 3.8) is 0 Å². The first-order valence-corrected chi connectivity index (χ1v) is 12.4. The molecule has 4 N–H and O–H groups in total. The maximum absolute atomic E-state index is 14.0. The number of aryl methyl sites for hydroxylation is 1. The van der Waals surface area contributed by atoms with Crippen LogP contribution in [0, 0.1) is 13.8 Å². The molecule has 202 valence electrons. The summed E-state index contributed by atoms with van der Waals surface area (Å²) in [5.41, 5.74) is 6.61. The van der Waals surface area contributed by atoms with E-state index in [-0.39, 0.29) is 25.3 Å². The molecule has 0 aliphatic carbocycles. The molecular formula is C27H44N4O5. The Labute approximate surface area is 215 Å². The van der Waals surface area contributed by atoms with Gasteiger partial charge in [-0.2, -0.15) is 0 Å². The van der Waals surface area contributed by atoms with Gasteiger partial charge in [0.1, 0.15) is 17.7 Å². The van der Waals surface area contributed by atoms with Crippen molar-refractivity contribution in [1.29, 1.82) is 0 Å². The number of hydrogen-bond acceptors (Lipinski definition) is 5. The Kier molecular flexibility index (Phi) is 10.9. The Morgan fingerprint density at radius 3 is 2.17 bits per heavy atom. The molecule has 2 atom stereocenters. The molecule has 9 heteroatoms. The molecule has 1 aromatic rings. The Morgan fingerprint density at radius 1 is 1.06 bits per heavy atom. The van der Waals surface area contributed by atoms with Crippen LogP contribution in [0.25, 0.3) is 0 Å². The van der Waals surface area contributed by atoms with Gasteiger partial charge in [0.05, 0.1) is 0 Å². The molecule has 1 rings (SSSR count). The monoisotopic (exact) mass is 504 g/mol. The van der Waals surface area contributed by atoms with Crippen molar-refractivity contribution >= 4 is 23.8 Å². The second kappa shape index (κ2) is 12.7. The fourth-order valence-corrected chi connectivity index (χ4v) is 3.76. The molecule has 0 spiro atoms. The van der Waals surface area contributed by atoms with Crippen molar-refractivity contribution in [2.45, 2.75) is 105 Å². The Morgan fingerprint density at radius 2 is 1.67 bits per heavy atom. The van der Waals surface area contributed by atoms with Gasteiger partial charge in [-0.25, -0.2) is 4.79 Å². The number of carbonyl (C=O) groups is 4. The van der Waals surface area contributed by atoms with Gasteiger partial charge in [0, 0.05) is 18.5 Å². The van der Waals surface area contributed by atoms with Crippen LogP contribution in [0.5, 0.6) is 0 Å². The molecule has 2 unspecified atom stereocenters. The number of primary amides is 1. The average Bonchev–Trinajstić information content (AvgIpc) is 2.70. The van der Waals surface area contributed by atoms with Crippen molar-refractivity contribution in [1.82, 2.24) is 15.5 Å². The van der Waals surface area contributed by atoms with Crippen LogP contribution < -0.4 is 16.4 Å². The summed E-state index contributed by atoms with van der Waals surface area (Å²) in [6.07, 6.45) is -0.350. The van der Waals surface area contributed by atoms with Crippen LogP contribution >= 0.6 is 0 Å². The van der Waals surface area contributed by atoms with Gasteiger partial charge in [0.2, 0.25) is 17.7 Å². The van der Waals surface area contributed by atoms with E-state index in [9.17, 15) is 19.2 Å². The topological polar surface area (TPSA) is 131 Å². The molecule has 0 saturated heterocycles. The Hall–Kier alpha value is -3.10. The van der Waals surface area contributed by atoms with Crippen LogP contribution in [-0.4, -0.2) is 52.4 Å². The minimum absolute atomic E-state index is 0.0198. The summed E-state index contributed by atoms with van der Waals surface area (Å²) in [5, 5.41) is 5.60. The van der Waals surface area contributed by atoms with E-state index in [4.69, 9.17) is 10.5 Å². The predicted molar refractivity (Wildman–Crippen MR) is 140 cm³/mol.